The molecule has 176 valence electrons. The van der Waals surface area contributed by atoms with Gasteiger partial charge in [0, 0.05) is 23.0 Å². The summed E-state index contributed by atoms with van der Waals surface area (Å²) >= 11 is 6.05. The summed E-state index contributed by atoms with van der Waals surface area (Å²) in [6.45, 7) is 3.08. The van der Waals surface area contributed by atoms with Crippen molar-refractivity contribution in [1.82, 2.24) is 25.5 Å². The molecule has 1 N–H and O–H groups in total. The third-order valence-electron chi connectivity index (χ3n) is 5.98. The van der Waals surface area contributed by atoms with E-state index in [-0.39, 0.29) is 24.5 Å². The standard InChI is InChI=1S/C25H26ClN5O3/c1-2-3-13-33-20-9-7-17(8-10-20)21-15-22-25(32)30(11-12-31(22)28-21)16-23-27-24(29-34-23)18-5-4-6-19(26)14-18/h4-12,14,21-22,28H,2-3,13,15-16H2,1H3. The van der Waals surface area contributed by atoms with Crippen LogP contribution in [0.15, 0.2) is 65.5 Å². The summed E-state index contributed by atoms with van der Waals surface area (Å²) in [5.41, 5.74) is 5.30. The maximum Gasteiger partial charge on any atom is 0.251 e. The molecule has 34 heavy (non-hydrogen) atoms. The van der Waals surface area contributed by atoms with Gasteiger partial charge >= 0.3 is 0 Å². The lowest BCUT2D eigenvalue weighted by molar-refractivity contribution is -0.135. The molecule has 1 fully saturated rings. The van der Waals surface area contributed by atoms with Gasteiger partial charge in [0.15, 0.2) is 0 Å². The lowest BCUT2D eigenvalue weighted by atomic mass is 10.0. The number of nitrogens with one attached hydrogen (secondary N) is 1. The molecule has 0 saturated carbocycles. The minimum Gasteiger partial charge on any atom is -0.494 e. The number of hydrogen-bond acceptors (Lipinski definition) is 7. The third-order valence-corrected chi connectivity index (χ3v) is 6.22. The van der Waals surface area contributed by atoms with E-state index in [9.17, 15) is 4.79 Å². The Morgan fingerprint density at radius 2 is 2.06 bits per heavy atom. The van der Waals surface area contributed by atoms with Crippen molar-refractivity contribution in [3.8, 4) is 17.1 Å². The molecule has 1 saturated heterocycles. The highest BCUT2D eigenvalue weighted by Crippen LogP contribution is 2.32. The van der Waals surface area contributed by atoms with Crippen molar-refractivity contribution in [2.45, 2.75) is 44.8 Å². The summed E-state index contributed by atoms with van der Waals surface area (Å²) in [6, 6.07) is 15.1. The summed E-state index contributed by atoms with van der Waals surface area (Å²) < 4.78 is 11.1. The predicted molar refractivity (Wildman–Crippen MR) is 127 cm³/mol. The number of halogens is 1. The van der Waals surface area contributed by atoms with Gasteiger partial charge in [0.1, 0.15) is 18.3 Å². The fourth-order valence-corrected chi connectivity index (χ4v) is 4.32. The summed E-state index contributed by atoms with van der Waals surface area (Å²) in [4.78, 5) is 19.2. The van der Waals surface area contributed by atoms with E-state index < -0.39 is 0 Å². The zero-order valence-electron chi connectivity index (χ0n) is 18.9. The van der Waals surface area contributed by atoms with E-state index in [1.165, 1.54) is 0 Å². The van der Waals surface area contributed by atoms with E-state index >= 15 is 0 Å². The molecule has 0 aliphatic carbocycles. The first-order valence-electron chi connectivity index (χ1n) is 11.5. The average molecular weight is 480 g/mol. The SMILES string of the molecule is CCCCOc1ccc(C2CC3C(=O)N(Cc4nc(-c5cccc(Cl)c5)no4)C=CN3N2)cc1. The van der Waals surface area contributed by atoms with E-state index in [0.717, 1.165) is 36.3 Å². The second-order valence-electron chi connectivity index (χ2n) is 8.40. The number of carbonyl (C=O) groups excluding carboxylic acids is 1. The van der Waals surface area contributed by atoms with Crippen molar-refractivity contribution in [3.05, 3.63) is 77.4 Å². The minimum atomic E-state index is -0.300. The quantitative estimate of drug-likeness (QED) is 0.468. The maximum atomic E-state index is 13.2. The second-order valence-corrected chi connectivity index (χ2v) is 8.83. The van der Waals surface area contributed by atoms with E-state index in [1.54, 1.807) is 23.2 Å². The zero-order valence-corrected chi connectivity index (χ0v) is 19.6. The first-order valence-corrected chi connectivity index (χ1v) is 11.8. The number of hydrogen-bond donors (Lipinski definition) is 1. The first-order chi connectivity index (χ1) is 16.6. The number of hydrazine groups is 1. The van der Waals surface area contributed by atoms with Crippen LogP contribution in [-0.2, 0) is 11.3 Å². The summed E-state index contributed by atoms with van der Waals surface area (Å²) in [6.07, 6.45) is 6.42. The molecule has 0 bridgehead atoms. The molecule has 8 nitrogen and oxygen atoms in total. The van der Waals surface area contributed by atoms with Crippen LogP contribution in [0.25, 0.3) is 11.4 Å². The van der Waals surface area contributed by atoms with Crippen LogP contribution in [0.2, 0.25) is 5.02 Å². The van der Waals surface area contributed by atoms with Gasteiger partial charge in [-0.05, 0) is 42.7 Å². The third kappa shape index (κ3) is 4.78. The second kappa shape index (κ2) is 9.87. The van der Waals surface area contributed by atoms with Crippen molar-refractivity contribution in [1.29, 1.82) is 0 Å². The molecule has 0 spiro atoms. The smallest absolute Gasteiger partial charge is 0.251 e. The van der Waals surface area contributed by atoms with Gasteiger partial charge in [-0.15, -0.1) is 0 Å². The van der Waals surface area contributed by atoms with Crippen LogP contribution in [0.4, 0.5) is 0 Å². The largest absolute Gasteiger partial charge is 0.494 e. The number of rotatable bonds is 8. The molecule has 2 atom stereocenters. The lowest BCUT2D eigenvalue weighted by Crippen LogP contribution is -2.47. The van der Waals surface area contributed by atoms with Crippen LogP contribution in [0, 0.1) is 0 Å². The van der Waals surface area contributed by atoms with Gasteiger partial charge in [0.05, 0.1) is 12.6 Å². The number of ether oxygens (including phenoxy) is 1. The topological polar surface area (TPSA) is 83.7 Å². The Morgan fingerprint density at radius 1 is 1.21 bits per heavy atom. The van der Waals surface area contributed by atoms with Crippen molar-refractivity contribution < 1.29 is 14.1 Å². The minimum absolute atomic E-state index is 0.0143. The maximum absolute atomic E-state index is 13.2. The summed E-state index contributed by atoms with van der Waals surface area (Å²) in [7, 11) is 0. The molecular formula is C25H26ClN5O3. The molecule has 1 amide bonds. The highest BCUT2D eigenvalue weighted by Gasteiger charge is 2.40. The van der Waals surface area contributed by atoms with Gasteiger partial charge in [0.2, 0.25) is 11.7 Å². The van der Waals surface area contributed by atoms with Crippen LogP contribution in [0.1, 0.15) is 43.7 Å². The highest BCUT2D eigenvalue weighted by atomic mass is 35.5. The van der Waals surface area contributed by atoms with Gasteiger partial charge in [-0.3, -0.25) is 4.79 Å². The van der Waals surface area contributed by atoms with Crippen molar-refractivity contribution >= 4 is 17.5 Å². The normalized spacial score (nSPS) is 19.5. The van der Waals surface area contributed by atoms with E-state index in [1.807, 2.05) is 35.5 Å². The Balaban J connectivity index is 1.21. The number of fused-ring (bicyclic) bond motifs is 1. The number of nitrogens with zero attached hydrogens (tertiary/aromatic N) is 4. The molecule has 3 heterocycles. The van der Waals surface area contributed by atoms with Crippen LogP contribution < -0.4 is 10.2 Å². The fourth-order valence-electron chi connectivity index (χ4n) is 4.12. The fraction of sp³-hybridized carbons (Fsp3) is 0.320. The Kier molecular flexibility index (Phi) is 6.51. The highest BCUT2D eigenvalue weighted by molar-refractivity contribution is 6.30. The van der Waals surface area contributed by atoms with Crippen LogP contribution in [-0.4, -0.2) is 38.6 Å². The molecular weight excluding hydrogens is 454 g/mol. The van der Waals surface area contributed by atoms with Crippen LogP contribution >= 0.6 is 11.6 Å². The van der Waals surface area contributed by atoms with Crippen LogP contribution in [0.5, 0.6) is 5.75 Å². The zero-order chi connectivity index (χ0) is 23.5. The molecule has 5 rings (SSSR count). The van der Waals surface area contributed by atoms with Crippen LogP contribution in [0.3, 0.4) is 0 Å². The van der Waals surface area contributed by atoms with Crippen molar-refractivity contribution in [2.24, 2.45) is 0 Å². The van der Waals surface area contributed by atoms with Gasteiger partial charge in [-0.1, -0.05) is 54.4 Å². The van der Waals surface area contributed by atoms with Gasteiger partial charge in [-0.25, -0.2) is 5.43 Å². The monoisotopic (exact) mass is 479 g/mol. The Hall–Kier alpha value is -3.36. The number of carbonyl (C=O) groups is 1. The molecule has 2 aliphatic rings. The molecule has 0 radical (unpaired) electrons. The molecule has 9 heteroatoms. The number of amides is 1. The van der Waals surface area contributed by atoms with Gasteiger partial charge in [0.25, 0.3) is 5.91 Å². The van der Waals surface area contributed by atoms with Gasteiger partial charge in [-0.2, -0.15) is 4.98 Å². The van der Waals surface area contributed by atoms with E-state index in [0.29, 0.717) is 23.2 Å². The van der Waals surface area contributed by atoms with Crippen molar-refractivity contribution in [2.75, 3.05) is 6.61 Å². The summed E-state index contributed by atoms with van der Waals surface area (Å²) in [5.74, 6) is 1.66. The molecule has 3 aromatic rings. The Morgan fingerprint density at radius 3 is 2.85 bits per heavy atom. The lowest BCUT2D eigenvalue weighted by Gasteiger charge is -2.30. The number of benzene rings is 2. The number of aromatic nitrogens is 2. The van der Waals surface area contributed by atoms with Crippen molar-refractivity contribution in [3.63, 3.8) is 0 Å². The molecule has 1 aromatic heterocycles. The first kappa shape index (κ1) is 22.4. The molecule has 2 aromatic carbocycles. The summed E-state index contributed by atoms with van der Waals surface area (Å²) in [5, 5.41) is 6.50. The molecule has 2 aliphatic heterocycles. The average Bonchev–Trinajstić information content (AvgIpc) is 3.49. The molecule has 2 unspecified atom stereocenters. The van der Waals surface area contributed by atoms with E-state index in [4.69, 9.17) is 20.9 Å². The predicted octanol–water partition coefficient (Wildman–Crippen LogP) is 4.70. The Labute approximate surface area is 203 Å². The number of unbranched alkanes of at least 4 members (excludes halogenated alkanes) is 1. The van der Waals surface area contributed by atoms with E-state index in [2.05, 4.69) is 34.6 Å². The van der Waals surface area contributed by atoms with Gasteiger partial charge < -0.3 is 19.2 Å². The Bertz CT molecular complexity index is 1180.